The largest absolute Gasteiger partial charge is 0.352 e. The zero-order valence-corrected chi connectivity index (χ0v) is 14.9. The van der Waals surface area contributed by atoms with E-state index in [1.807, 2.05) is 54.6 Å². The Balaban J connectivity index is 1.53. The van der Waals surface area contributed by atoms with Crippen LogP contribution in [0.1, 0.15) is 16.7 Å². The maximum absolute atomic E-state index is 12.6. The van der Waals surface area contributed by atoms with Crippen molar-refractivity contribution in [3.8, 4) is 0 Å². The van der Waals surface area contributed by atoms with Gasteiger partial charge in [-0.05, 0) is 38.2 Å². The lowest BCUT2D eigenvalue weighted by atomic mass is 9.98. The summed E-state index contributed by atoms with van der Waals surface area (Å²) in [7, 11) is 0. The summed E-state index contributed by atoms with van der Waals surface area (Å²) >= 11 is 0. The van der Waals surface area contributed by atoms with Gasteiger partial charge in [-0.1, -0.05) is 78.9 Å². The van der Waals surface area contributed by atoms with Crippen molar-refractivity contribution >= 4 is 33.7 Å². The fourth-order valence-electron chi connectivity index (χ4n) is 3.54. The van der Waals surface area contributed by atoms with E-state index in [4.69, 9.17) is 5.41 Å². The molecule has 0 saturated heterocycles. The Morgan fingerprint density at radius 3 is 2.30 bits per heavy atom. The summed E-state index contributed by atoms with van der Waals surface area (Å²) < 4.78 is 0. The molecule has 4 aromatic carbocycles. The van der Waals surface area contributed by atoms with Crippen LogP contribution in [0.15, 0.2) is 78.9 Å². The van der Waals surface area contributed by atoms with Gasteiger partial charge in [0.05, 0.1) is 6.42 Å². The lowest BCUT2D eigenvalue weighted by Crippen LogP contribution is -2.24. The van der Waals surface area contributed by atoms with Crippen molar-refractivity contribution in [3.63, 3.8) is 0 Å². The van der Waals surface area contributed by atoms with Gasteiger partial charge in [0.25, 0.3) is 0 Å². The van der Waals surface area contributed by atoms with Crippen LogP contribution in [-0.4, -0.2) is 12.1 Å². The quantitative estimate of drug-likeness (QED) is 0.496. The second-order valence-electron chi connectivity index (χ2n) is 6.60. The van der Waals surface area contributed by atoms with Crippen molar-refractivity contribution in [1.82, 2.24) is 5.32 Å². The van der Waals surface area contributed by atoms with Crippen LogP contribution in [0.3, 0.4) is 0 Å². The molecule has 0 aliphatic rings. The van der Waals surface area contributed by atoms with Crippen LogP contribution in [0.2, 0.25) is 0 Å². The Morgan fingerprint density at radius 1 is 0.778 bits per heavy atom. The standard InChI is InChI=1S/C24H20N2O/c25-15-19-13-12-18(22-10-3-4-11-23(19)22)14-24(27)26-16-20-8-5-7-17-6-1-2-9-21(17)20/h1-13,15,25H,14,16H2,(H,26,27). The van der Waals surface area contributed by atoms with Crippen molar-refractivity contribution in [2.24, 2.45) is 0 Å². The van der Waals surface area contributed by atoms with Crippen molar-refractivity contribution in [2.45, 2.75) is 13.0 Å². The minimum absolute atomic E-state index is 0.00399. The summed E-state index contributed by atoms with van der Waals surface area (Å²) in [6.07, 6.45) is 1.68. The van der Waals surface area contributed by atoms with E-state index in [0.29, 0.717) is 13.0 Å². The molecule has 0 heterocycles. The van der Waals surface area contributed by atoms with Gasteiger partial charge in [-0.3, -0.25) is 4.79 Å². The van der Waals surface area contributed by atoms with Gasteiger partial charge in [0.1, 0.15) is 0 Å². The van der Waals surface area contributed by atoms with Crippen LogP contribution in [0.25, 0.3) is 21.5 Å². The Kier molecular flexibility index (Phi) is 4.67. The van der Waals surface area contributed by atoms with Crippen LogP contribution in [0.4, 0.5) is 0 Å². The molecule has 1 amide bonds. The van der Waals surface area contributed by atoms with Gasteiger partial charge in [-0.15, -0.1) is 0 Å². The molecule has 4 aromatic rings. The van der Waals surface area contributed by atoms with Gasteiger partial charge in [-0.2, -0.15) is 0 Å². The zero-order chi connectivity index (χ0) is 18.6. The zero-order valence-electron chi connectivity index (χ0n) is 14.9. The number of amides is 1. The molecule has 0 fully saturated rings. The molecule has 4 rings (SSSR count). The Hall–Kier alpha value is -3.46. The van der Waals surface area contributed by atoms with Crippen molar-refractivity contribution < 1.29 is 4.79 Å². The Bertz CT molecular complexity index is 1140. The summed E-state index contributed by atoms with van der Waals surface area (Å²) in [6, 6.07) is 26.1. The molecule has 0 aliphatic carbocycles. The minimum atomic E-state index is -0.00399. The molecule has 0 atom stereocenters. The molecule has 2 N–H and O–H groups in total. The lowest BCUT2D eigenvalue weighted by molar-refractivity contribution is -0.120. The van der Waals surface area contributed by atoms with E-state index in [1.54, 1.807) is 0 Å². The first-order valence-electron chi connectivity index (χ1n) is 9.01. The fraction of sp³-hybridized carbons (Fsp3) is 0.0833. The monoisotopic (exact) mass is 352 g/mol. The van der Waals surface area contributed by atoms with Gasteiger partial charge < -0.3 is 10.7 Å². The van der Waals surface area contributed by atoms with Gasteiger partial charge in [0, 0.05) is 12.8 Å². The molecule has 3 nitrogen and oxygen atoms in total. The molecule has 0 aromatic heterocycles. The fourth-order valence-corrected chi connectivity index (χ4v) is 3.54. The Morgan fingerprint density at radius 2 is 1.48 bits per heavy atom. The lowest BCUT2D eigenvalue weighted by Gasteiger charge is -2.11. The van der Waals surface area contributed by atoms with Crippen LogP contribution >= 0.6 is 0 Å². The first-order chi connectivity index (χ1) is 13.3. The average molecular weight is 352 g/mol. The third kappa shape index (κ3) is 3.44. The number of benzene rings is 4. The minimum Gasteiger partial charge on any atom is -0.352 e. The smallest absolute Gasteiger partial charge is 0.224 e. The number of rotatable bonds is 5. The molecule has 132 valence electrons. The highest BCUT2D eigenvalue weighted by atomic mass is 16.1. The predicted octanol–water partition coefficient (Wildman–Crippen LogP) is 4.85. The summed E-state index contributed by atoms with van der Waals surface area (Å²) in [6.45, 7) is 0.511. The highest BCUT2D eigenvalue weighted by Crippen LogP contribution is 2.23. The number of carbonyl (C=O) groups excluding carboxylic acids is 1. The second kappa shape index (κ2) is 7.42. The summed E-state index contributed by atoms with van der Waals surface area (Å²) in [5, 5.41) is 15.0. The van der Waals surface area contributed by atoms with Crippen LogP contribution < -0.4 is 5.32 Å². The number of carbonyl (C=O) groups is 1. The summed E-state index contributed by atoms with van der Waals surface area (Å²) in [4.78, 5) is 12.6. The first kappa shape index (κ1) is 17.0. The maximum Gasteiger partial charge on any atom is 0.224 e. The van der Waals surface area contributed by atoms with Crippen LogP contribution in [-0.2, 0) is 17.8 Å². The van der Waals surface area contributed by atoms with E-state index < -0.39 is 0 Å². The van der Waals surface area contributed by atoms with Crippen molar-refractivity contribution in [3.05, 3.63) is 95.6 Å². The van der Waals surface area contributed by atoms with E-state index in [-0.39, 0.29) is 5.91 Å². The molecule has 27 heavy (non-hydrogen) atoms. The highest BCUT2D eigenvalue weighted by Gasteiger charge is 2.09. The van der Waals surface area contributed by atoms with Crippen LogP contribution in [0, 0.1) is 5.41 Å². The number of fused-ring (bicyclic) bond motifs is 2. The summed E-state index contributed by atoms with van der Waals surface area (Å²) in [5.74, 6) is -0.00399. The third-order valence-electron chi connectivity index (χ3n) is 4.91. The number of nitrogens with one attached hydrogen (secondary N) is 2. The predicted molar refractivity (Wildman–Crippen MR) is 111 cm³/mol. The van der Waals surface area contributed by atoms with E-state index in [1.165, 1.54) is 17.0 Å². The molecule has 0 unspecified atom stereocenters. The molecule has 0 aliphatic heterocycles. The molecule has 0 saturated carbocycles. The van der Waals surface area contributed by atoms with Gasteiger partial charge in [-0.25, -0.2) is 0 Å². The number of hydrogen-bond acceptors (Lipinski definition) is 2. The van der Waals surface area contributed by atoms with E-state index >= 15 is 0 Å². The molecular formula is C24H20N2O. The second-order valence-corrected chi connectivity index (χ2v) is 6.60. The van der Waals surface area contributed by atoms with E-state index in [0.717, 1.165) is 27.5 Å². The Labute approximate surface area is 158 Å². The average Bonchev–Trinajstić information content (AvgIpc) is 2.72. The topological polar surface area (TPSA) is 53.0 Å². The third-order valence-corrected chi connectivity index (χ3v) is 4.91. The number of hydrogen-bond donors (Lipinski definition) is 2. The SMILES string of the molecule is N=Cc1ccc(CC(=O)NCc2cccc3ccccc23)c2ccccc12. The first-order valence-corrected chi connectivity index (χ1v) is 9.01. The summed E-state index contributed by atoms with van der Waals surface area (Å²) in [5.41, 5.74) is 2.96. The van der Waals surface area contributed by atoms with Crippen LogP contribution in [0.5, 0.6) is 0 Å². The van der Waals surface area contributed by atoms with Crippen molar-refractivity contribution in [2.75, 3.05) is 0 Å². The molecule has 0 radical (unpaired) electrons. The highest BCUT2D eigenvalue weighted by molar-refractivity contribution is 6.01. The molecule has 3 heteroatoms. The molecular weight excluding hydrogens is 332 g/mol. The van der Waals surface area contributed by atoms with E-state index in [9.17, 15) is 4.79 Å². The van der Waals surface area contributed by atoms with Crippen molar-refractivity contribution in [1.29, 1.82) is 5.41 Å². The van der Waals surface area contributed by atoms with E-state index in [2.05, 4.69) is 29.6 Å². The normalized spacial score (nSPS) is 10.8. The van der Waals surface area contributed by atoms with Gasteiger partial charge in [0.2, 0.25) is 5.91 Å². The van der Waals surface area contributed by atoms with Gasteiger partial charge >= 0.3 is 0 Å². The molecule has 0 bridgehead atoms. The molecule has 0 spiro atoms. The maximum atomic E-state index is 12.6. The van der Waals surface area contributed by atoms with Gasteiger partial charge in [0.15, 0.2) is 0 Å².